The predicted octanol–water partition coefficient (Wildman–Crippen LogP) is 2.87. The molecule has 2 aromatic rings. The topological polar surface area (TPSA) is 52.5 Å². The Morgan fingerprint density at radius 2 is 1.81 bits per heavy atom. The molecule has 3 heteroatoms. The van der Waals surface area contributed by atoms with Crippen molar-refractivity contribution in [1.82, 2.24) is 9.97 Å². The van der Waals surface area contributed by atoms with Gasteiger partial charge >= 0.3 is 0 Å². The average Bonchev–Trinajstić information content (AvgIpc) is 2.64. The molecule has 1 aromatic heterocycles. The summed E-state index contributed by atoms with van der Waals surface area (Å²) in [6.07, 6.45) is 1.56. The van der Waals surface area contributed by atoms with Crippen LogP contribution in [0.15, 0.2) is 18.5 Å². The van der Waals surface area contributed by atoms with Gasteiger partial charge in [0.05, 0.1) is 12.0 Å². The van der Waals surface area contributed by atoms with Crippen molar-refractivity contribution in [3.05, 3.63) is 40.8 Å². The van der Waals surface area contributed by atoms with Crippen LogP contribution in [0.4, 0.5) is 0 Å². The van der Waals surface area contributed by atoms with Crippen LogP contribution in [0, 0.1) is 32.1 Å². The largest absolute Gasteiger partial charge is 0.343 e. The predicted molar refractivity (Wildman–Crippen MR) is 62.9 cm³/mol. The summed E-state index contributed by atoms with van der Waals surface area (Å²) in [5, 5.41) is 8.97. The lowest BCUT2D eigenvalue weighted by Crippen LogP contribution is -1.92. The van der Waals surface area contributed by atoms with Gasteiger partial charge in [0, 0.05) is 5.56 Å². The zero-order chi connectivity index (χ0) is 11.7. The van der Waals surface area contributed by atoms with Gasteiger partial charge in [0.1, 0.15) is 6.07 Å². The zero-order valence-electron chi connectivity index (χ0n) is 9.63. The van der Waals surface area contributed by atoms with E-state index in [-0.39, 0.29) is 0 Å². The first-order valence-corrected chi connectivity index (χ1v) is 5.15. The number of aromatic nitrogens is 2. The fourth-order valence-corrected chi connectivity index (χ4v) is 2.14. The van der Waals surface area contributed by atoms with Crippen molar-refractivity contribution in [2.45, 2.75) is 20.8 Å². The molecule has 0 saturated carbocycles. The number of aryl methyl sites for hydroxylation is 3. The Bertz CT molecular complexity index is 550. The second-order valence-electron chi connectivity index (χ2n) is 4.01. The molecule has 2 rings (SSSR count). The lowest BCUT2D eigenvalue weighted by Gasteiger charge is -2.09. The lowest BCUT2D eigenvalue weighted by molar-refractivity contribution is 1.28. The molecule has 0 unspecified atom stereocenters. The van der Waals surface area contributed by atoms with Crippen LogP contribution in [0.5, 0.6) is 0 Å². The van der Waals surface area contributed by atoms with E-state index in [1.807, 2.05) is 0 Å². The highest BCUT2D eigenvalue weighted by atomic mass is 14.9. The summed E-state index contributed by atoms with van der Waals surface area (Å²) in [7, 11) is 0. The van der Waals surface area contributed by atoms with Crippen LogP contribution >= 0.6 is 0 Å². The number of aromatic amines is 1. The minimum absolute atomic E-state index is 0.454. The monoisotopic (exact) mass is 211 g/mol. The van der Waals surface area contributed by atoms with Crippen LogP contribution in [0.25, 0.3) is 11.3 Å². The third kappa shape index (κ3) is 1.59. The number of rotatable bonds is 1. The highest BCUT2D eigenvalue weighted by molar-refractivity contribution is 5.71. The van der Waals surface area contributed by atoms with Gasteiger partial charge in [-0.15, -0.1) is 0 Å². The Morgan fingerprint density at radius 1 is 1.19 bits per heavy atom. The minimum atomic E-state index is 0.454. The number of imidazole rings is 1. The van der Waals surface area contributed by atoms with E-state index in [4.69, 9.17) is 5.26 Å². The molecule has 0 aliphatic rings. The molecule has 0 aliphatic heterocycles. The molecule has 3 nitrogen and oxygen atoms in total. The first-order chi connectivity index (χ1) is 7.63. The van der Waals surface area contributed by atoms with Crippen molar-refractivity contribution < 1.29 is 0 Å². The molecule has 0 atom stereocenters. The Labute approximate surface area is 94.8 Å². The summed E-state index contributed by atoms with van der Waals surface area (Å²) in [4.78, 5) is 7.04. The maximum atomic E-state index is 8.97. The molecule has 80 valence electrons. The molecule has 1 aromatic carbocycles. The fourth-order valence-electron chi connectivity index (χ4n) is 2.14. The van der Waals surface area contributed by atoms with Crippen LogP contribution in [-0.4, -0.2) is 9.97 Å². The van der Waals surface area contributed by atoms with Gasteiger partial charge in [-0.2, -0.15) is 5.26 Å². The van der Waals surface area contributed by atoms with Gasteiger partial charge in [0.15, 0.2) is 5.69 Å². The van der Waals surface area contributed by atoms with Crippen molar-refractivity contribution in [1.29, 1.82) is 5.26 Å². The van der Waals surface area contributed by atoms with Gasteiger partial charge in [-0.05, 0) is 31.9 Å². The summed E-state index contributed by atoms with van der Waals surface area (Å²) in [5.41, 5.74) is 5.92. The third-order valence-corrected chi connectivity index (χ3v) is 2.67. The van der Waals surface area contributed by atoms with E-state index in [9.17, 15) is 0 Å². The zero-order valence-corrected chi connectivity index (χ0v) is 9.63. The molecular formula is C13H13N3. The number of H-pyrrole nitrogens is 1. The second-order valence-corrected chi connectivity index (χ2v) is 4.01. The highest BCUT2D eigenvalue weighted by Gasteiger charge is 2.12. The number of nitrogens with one attached hydrogen (secondary N) is 1. The van der Waals surface area contributed by atoms with E-state index >= 15 is 0 Å². The molecule has 0 fully saturated rings. The van der Waals surface area contributed by atoms with E-state index in [0.717, 1.165) is 11.3 Å². The average molecular weight is 211 g/mol. The number of hydrogen-bond donors (Lipinski definition) is 1. The molecule has 1 heterocycles. The van der Waals surface area contributed by atoms with Crippen LogP contribution in [-0.2, 0) is 0 Å². The molecular weight excluding hydrogens is 198 g/mol. The van der Waals surface area contributed by atoms with Crippen LogP contribution in [0.3, 0.4) is 0 Å². The van der Waals surface area contributed by atoms with Crippen LogP contribution in [0.2, 0.25) is 0 Å². The van der Waals surface area contributed by atoms with E-state index in [2.05, 4.69) is 48.9 Å². The standard InChI is InChI=1S/C13H13N3/c1-8-4-9(2)12(10(3)5-8)13-11(6-14)15-7-16-13/h4-5,7H,1-3H3,(H,15,16). The summed E-state index contributed by atoms with van der Waals surface area (Å²) < 4.78 is 0. The van der Waals surface area contributed by atoms with Gasteiger partial charge < -0.3 is 4.98 Å². The molecule has 0 radical (unpaired) electrons. The Kier molecular flexibility index (Phi) is 2.49. The smallest absolute Gasteiger partial charge is 0.166 e. The van der Waals surface area contributed by atoms with Gasteiger partial charge in [-0.25, -0.2) is 4.98 Å². The van der Waals surface area contributed by atoms with Gasteiger partial charge in [0.25, 0.3) is 0 Å². The van der Waals surface area contributed by atoms with Crippen LogP contribution < -0.4 is 0 Å². The van der Waals surface area contributed by atoms with Crippen molar-refractivity contribution in [3.8, 4) is 17.3 Å². The summed E-state index contributed by atoms with van der Waals surface area (Å²) in [6, 6.07) is 6.33. The van der Waals surface area contributed by atoms with Crippen molar-refractivity contribution in [3.63, 3.8) is 0 Å². The van der Waals surface area contributed by atoms with Crippen molar-refractivity contribution >= 4 is 0 Å². The third-order valence-electron chi connectivity index (χ3n) is 2.67. The number of nitrogens with zero attached hydrogens (tertiary/aromatic N) is 2. The minimum Gasteiger partial charge on any atom is -0.343 e. The van der Waals surface area contributed by atoms with Crippen LogP contribution in [0.1, 0.15) is 22.4 Å². The SMILES string of the molecule is Cc1cc(C)c(-c2[nH]cnc2C#N)c(C)c1. The second kappa shape index (κ2) is 3.82. The molecule has 0 spiro atoms. The number of benzene rings is 1. The Balaban J connectivity index is 2.70. The maximum Gasteiger partial charge on any atom is 0.166 e. The molecule has 1 N–H and O–H groups in total. The molecule has 0 bridgehead atoms. The van der Waals surface area contributed by atoms with E-state index in [1.165, 1.54) is 16.7 Å². The number of nitriles is 1. The van der Waals surface area contributed by atoms with Crippen molar-refractivity contribution in [2.75, 3.05) is 0 Å². The molecule has 16 heavy (non-hydrogen) atoms. The first kappa shape index (κ1) is 10.4. The quantitative estimate of drug-likeness (QED) is 0.788. The lowest BCUT2D eigenvalue weighted by atomic mass is 9.96. The fraction of sp³-hybridized carbons (Fsp3) is 0.231. The summed E-state index contributed by atoms with van der Waals surface area (Å²) >= 11 is 0. The maximum absolute atomic E-state index is 8.97. The molecule has 0 amide bonds. The first-order valence-electron chi connectivity index (χ1n) is 5.15. The Hall–Kier alpha value is -2.08. The number of hydrogen-bond acceptors (Lipinski definition) is 2. The summed E-state index contributed by atoms with van der Waals surface area (Å²) in [5.74, 6) is 0. The molecule has 0 aliphatic carbocycles. The Morgan fingerprint density at radius 3 is 2.38 bits per heavy atom. The molecule has 0 saturated heterocycles. The van der Waals surface area contributed by atoms with E-state index in [1.54, 1.807) is 6.33 Å². The van der Waals surface area contributed by atoms with E-state index < -0.39 is 0 Å². The van der Waals surface area contributed by atoms with Gasteiger partial charge in [0.2, 0.25) is 0 Å². The van der Waals surface area contributed by atoms with Crippen molar-refractivity contribution in [2.24, 2.45) is 0 Å². The highest BCUT2D eigenvalue weighted by Crippen LogP contribution is 2.28. The van der Waals surface area contributed by atoms with Gasteiger partial charge in [-0.1, -0.05) is 17.7 Å². The van der Waals surface area contributed by atoms with Gasteiger partial charge in [-0.3, -0.25) is 0 Å². The summed E-state index contributed by atoms with van der Waals surface area (Å²) in [6.45, 7) is 6.18. The van der Waals surface area contributed by atoms with E-state index in [0.29, 0.717) is 5.69 Å². The normalized spacial score (nSPS) is 10.1.